The zero-order valence-corrected chi connectivity index (χ0v) is 10.1. The highest BCUT2D eigenvalue weighted by Gasteiger charge is 2.09. The van der Waals surface area contributed by atoms with Crippen LogP contribution in [0.5, 0.6) is 0 Å². The van der Waals surface area contributed by atoms with Gasteiger partial charge in [0.1, 0.15) is 5.82 Å². The number of aromatic nitrogens is 2. The van der Waals surface area contributed by atoms with E-state index in [4.69, 9.17) is 10.8 Å². The van der Waals surface area contributed by atoms with Crippen LogP contribution in [0.25, 0.3) is 11.4 Å². The summed E-state index contributed by atoms with van der Waals surface area (Å²) in [5, 5.41) is 8.89. The van der Waals surface area contributed by atoms with Crippen molar-refractivity contribution in [3.8, 4) is 11.4 Å². The molecule has 0 aliphatic heterocycles. The first-order valence-electron chi connectivity index (χ1n) is 5.68. The lowest BCUT2D eigenvalue weighted by atomic mass is 10.1. The van der Waals surface area contributed by atoms with Gasteiger partial charge in [0.05, 0.1) is 0 Å². The molecule has 0 fully saturated rings. The highest BCUT2D eigenvalue weighted by Crippen LogP contribution is 2.17. The van der Waals surface area contributed by atoms with E-state index in [1.165, 1.54) is 0 Å². The highest BCUT2D eigenvalue weighted by atomic mass is 16.3. The number of hydrogen-bond acceptors (Lipinski definition) is 4. The monoisotopic (exact) mass is 245 g/mol. The maximum atomic E-state index is 11.9. The Morgan fingerprint density at radius 3 is 2.83 bits per heavy atom. The molecule has 5 heteroatoms. The minimum Gasteiger partial charge on any atom is -0.399 e. The molecule has 18 heavy (non-hydrogen) atoms. The number of nitrogens with two attached hydrogens (primary N) is 1. The number of anilines is 1. The highest BCUT2D eigenvalue weighted by molar-refractivity contribution is 5.61. The van der Waals surface area contributed by atoms with E-state index in [1.54, 1.807) is 19.1 Å². The molecule has 5 nitrogen and oxygen atoms in total. The molecule has 0 aliphatic rings. The second-order valence-electron chi connectivity index (χ2n) is 4.08. The average Bonchev–Trinajstić information content (AvgIpc) is 2.33. The summed E-state index contributed by atoms with van der Waals surface area (Å²) in [5.41, 5.74) is 8.02. The molecule has 1 aromatic carbocycles. The van der Waals surface area contributed by atoms with E-state index in [9.17, 15) is 4.79 Å². The molecular formula is C13H15N3O2. The van der Waals surface area contributed by atoms with E-state index < -0.39 is 0 Å². The van der Waals surface area contributed by atoms with Crippen LogP contribution >= 0.6 is 0 Å². The first kappa shape index (κ1) is 12.3. The molecule has 0 spiro atoms. The lowest BCUT2D eigenvalue weighted by Crippen LogP contribution is -2.18. The molecule has 94 valence electrons. The van der Waals surface area contributed by atoms with Crippen LogP contribution in [-0.2, 0) is 6.42 Å². The summed E-state index contributed by atoms with van der Waals surface area (Å²) in [6.45, 7) is 1.69. The van der Waals surface area contributed by atoms with Gasteiger partial charge in [-0.05, 0) is 19.1 Å². The normalized spacial score (nSPS) is 10.6. The SMILES string of the molecule is Cc1nc(-c2cccc(N)c2)[nH]c(=O)c1CCO. The van der Waals surface area contributed by atoms with Crippen molar-refractivity contribution >= 4 is 5.69 Å². The van der Waals surface area contributed by atoms with Crippen molar-refractivity contribution in [2.24, 2.45) is 0 Å². The van der Waals surface area contributed by atoms with Crippen molar-refractivity contribution in [3.05, 3.63) is 45.9 Å². The number of nitrogen functional groups attached to an aromatic ring is 1. The van der Waals surface area contributed by atoms with Crippen molar-refractivity contribution in [2.75, 3.05) is 12.3 Å². The van der Waals surface area contributed by atoms with E-state index in [2.05, 4.69) is 9.97 Å². The molecule has 1 heterocycles. The number of aromatic amines is 1. The van der Waals surface area contributed by atoms with Crippen molar-refractivity contribution in [1.82, 2.24) is 9.97 Å². The van der Waals surface area contributed by atoms with Gasteiger partial charge in [-0.25, -0.2) is 4.98 Å². The number of nitrogens with zero attached hydrogens (tertiary/aromatic N) is 1. The molecule has 0 saturated heterocycles. The summed E-state index contributed by atoms with van der Waals surface area (Å²) in [4.78, 5) is 18.9. The molecule has 1 aromatic heterocycles. The first-order valence-corrected chi connectivity index (χ1v) is 5.68. The Kier molecular flexibility index (Phi) is 3.43. The van der Waals surface area contributed by atoms with E-state index in [0.717, 1.165) is 5.56 Å². The minimum absolute atomic E-state index is 0.0662. The second-order valence-corrected chi connectivity index (χ2v) is 4.08. The van der Waals surface area contributed by atoms with Crippen LogP contribution in [0.15, 0.2) is 29.1 Å². The molecule has 0 bridgehead atoms. The van der Waals surface area contributed by atoms with Crippen LogP contribution in [0, 0.1) is 6.92 Å². The summed E-state index contributed by atoms with van der Waals surface area (Å²) in [6, 6.07) is 7.17. The summed E-state index contributed by atoms with van der Waals surface area (Å²) in [7, 11) is 0. The van der Waals surface area contributed by atoms with Crippen molar-refractivity contribution in [1.29, 1.82) is 0 Å². The number of hydrogen-bond donors (Lipinski definition) is 3. The van der Waals surface area contributed by atoms with Crippen LogP contribution < -0.4 is 11.3 Å². The van der Waals surface area contributed by atoms with Gasteiger partial charge in [-0.1, -0.05) is 12.1 Å². The van der Waals surface area contributed by atoms with Crippen molar-refractivity contribution in [2.45, 2.75) is 13.3 Å². The largest absolute Gasteiger partial charge is 0.399 e. The Hall–Kier alpha value is -2.14. The van der Waals surface area contributed by atoms with Crippen molar-refractivity contribution < 1.29 is 5.11 Å². The van der Waals surface area contributed by atoms with E-state index in [-0.39, 0.29) is 12.2 Å². The quantitative estimate of drug-likeness (QED) is 0.699. The van der Waals surface area contributed by atoms with Crippen LogP contribution in [0.1, 0.15) is 11.3 Å². The molecule has 0 atom stereocenters. The Balaban J connectivity index is 2.51. The van der Waals surface area contributed by atoms with Crippen molar-refractivity contribution in [3.63, 3.8) is 0 Å². The molecule has 0 aliphatic carbocycles. The molecule has 2 aromatic rings. The first-order chi connectivity index (χ1) is 8.61. The zero-order valence-electron chi connectivity index (χ0n) is 10.1. The summed E-state index contributed by atoms with van der Waals surface area (Å²) >= 11 is 0. The lowest BCUT2D eigenvalue weighted by molar-refractivity contribution is 0.298. The van der Waals surface area contributed by atoms with Gasteiger partial charge in [0, 0.05) is 35.5 Å². The van der Waals surface area contributed by atoms with E-state index >= 15 is 0 Å². The maximum absolute atomic E-state index is 11.9. The van der Waals surface area contributed by atoms with Gasteiger partial charge < -0.3 is 15.8 Å². The third-order valence-corrected chi connectivity index (χ3v) is 2.74. The predicted molar refractivity (Wildman–Crippen MR) is 70.2 cm³/mol. The Morgan fingerprint density at radius 1 is 1.44 bits per heavy atom. The van der Waals surface area contributed by atoms with Gasteiger partial charge in [-0.3, -0.25) is 4.79 Å². The van der Waals surface area contributed by atoms with Crippen LogP contribution in [0.3, 0.4) is 0 Å². The fourth-order valence-electron chi connectivity index (χ4n) is 1.84. The lowest BCUT2D eigenvalue weighted by Gasteiger charge is -2.06. The number of rotatable bonds is 3. The maximum Gasteiger partial charge on any atom is 0.254 e. The number of benzene rings is 1. The number of nitrogens with one attached hydrogen (secondary N) is 1. The molecular weight excluding hydrogens is 230 g/mol. The zero-order chi connectivity index (χ0) is 13.1. The smallest absolute Gasteiger partial charge is 0.254 e. The third kappa shape index (κ3) is 2.41. The van der Waals surface area contributed by atoms with Gasteiger partial charge in [-0.15, -0.1) is 0 Å². The van der Waals surface area contributed by atoms with Crippen LogP contribution in [0.4, 0.5) is 5.69 Å². The number of H-pyrrole nitrogens is 1. The van der Waals surface area contributed by atoms with Gasteiger partial charge in [0.25, 0.3) is 5.56 Å². The van der Waals surface area contributed by atoms with Gasteiger partial charge in [0.2, 0.25) is 0 Å². The van der Waals surface area contributed by atoms with Crippen LogP contribution in [-0.4, -0.2) is 21.7 Å². The van der Waals surface area contributed by atoms with Crippen LogP contribution in [0.2, 0.25) is 0 Å². The van der Waals surface area contributed by atoms with E-state index in [0.29, 0.717) is 29.2 Å². The molecule has 0 radical (unpaired) electrons. The fourth-order valence-corrected chi connectivity index (χ4v) is 1.84. The van der Waals surface area contributed by atoms with Gasteiger partial charge in [0.15, 0.2) is 0 Å². The summed E-state index contributed by atoms with van der Waals surface area (Å²) in [6.07, 6.45) is 0.311. The Bertz CT molecular complexity index is 620. The topological polar surface area (TPSA) is 92.0 Å². The predicted octanol–water partition coefficient (Wildman–Crippen LogP) is 0.862. The molecule has 0 amide bonds. The summed E-state index contributed by atoms with van der Waals surface area (Å²) in [5.74, 6) is 0.492. The summed E-state index contributed by atoms with van der Waals surface area (Å²) < 4.78 is 0. The Morgan fingerprint density at radius 2 is 2.22 bits per heavy atom. The van der Waals surface area contributed by atoms with E-state index in [1.807, 2.05) is 12.1 Å². The number of aliphatic hydroxyl groups excluding tert-OH is 1. The van der Waals surface area contributed by atoms with Gasteiger partial charge >= 0.3 is 0 Å². The molecule has 0 saturated carbocycles. The Labute approximate surface area is 104 Å². The second kappa shape index (κ2) is 5.01. The third-order valence-electron chi connectivity index (χ3n) is 2.74. The average molecular weight is 245 g/mol. The minimum atomic E-state index is -0.214. The van der Waals surface area contributed by atoms with Gasteiger partial charge in [-0.2, -0.15) is 0 Å². The standard InChI is InChI=1S/C13H15N3O2/c1-8-11(5-6-17)13(18)16-12(15-8)9-3-2-4-10(14)7-9/h2-4,7,17H,5-6,14H2,1H3,(H,15,16,18). The number of aryl methyl sites for hydroxylation is 1. The molecule has 4 N–H and O–H groups in total. The molecule has 2 rings (SSSR count). The molecule has 0 unspecified atom stereocenters. The fraction of sp³-hybridized carbons (Fsp3) is 0.231. The number of aliphatic hydroxyl groups is 1.